The second-order valence-corrected chi connectivity index (χ2v) is 6.57. The highest BCUT2D eigenvalue weighted by Gasteiger charge is 2.19. The zero-order valence-corrected chi connectivity index (χ0v) is 11.4. The minimum absolute atomic E-state index is 0.726. The maximum atomic E-state index is 3.68. The third-order valence-corrected chi connectivity index (χ3v) is 4.88. The Bertz CT molecular complexity index is 188. The predicted molar refractivity (Wildman–Crippen MR) is 73.2 cm³/mol. The van der Waals surface area contributed by atoms with E-state index in [2.05, 4.69) is 28.9 Å². The third kappa shape index (κ3) is 4.27. The van der Waals surface area contributed by atoms with Crippen LogP contribution in [0.1, 0.15) is 32.6 Å². The van der Waals surface area contributed by atoms with Crippen LogP contribution >= 0.6 is 11.8 Å². The van der Waals surface area contributed by atoms with Gasteiger partial charge in [0.25, 0.3) is 0 Å². The fraction of sp³-hybridized carbons (Fsp3) is 1.00. The van der Waals surface area contributed by atoms with E-state index in [9.17, 15) is 0 Å². The van der Waals surface area contributed by atoms with E-state index in [1.165, 1.54) is 63.4 Å². The maximum absolute atomic E-state index is 3.68. The molecule has 0 aromatic carbocycles. The molecule has 2 aliphatic rings. The molecular formula is C13H26N2S. The maximum Gasteiger partial charge on any atom is 0.0108 e. The summed E-state index contributed by atoms with van der Waals surface area (Å²) in [5.41, 5.74) is 0. The van der Waals surface area contributed by atoms with Gasteiger partial charge in [0.1, 0.15) is 0 Å². The molecule has 0 radical (unpaired) electrons. The smallest absolute Gasteiger partial charge is 0.0108 e. The van der Waals surface area contributed by atoms with E-state index in [1.807, 2.05) is 0 Å². The Morgan fingerprint density at radius 2 is 2.06 bits per heavy atom. The summed E-state index contributed by atoms with van der Waals surface area (Å²) in [5.74, 6) is 3.70. The first-order valence-electron chi connectivity index (χ1n) is 6.88. The zero-order chi connectivity index (χ0) is 11.2. The van der Waals surface area contributed by atoms with Gasteiger partial charge in [-0.05, 0) is 19.3 Å². The summed E-state index contributed by atoms with van der Waals surface area (Å²) in [6.07, 6.45) is 5.84. The van der Waals surface area contributed by atoms with Crippen molar-refractivity contribution < 1.29 is 0 Å². The van der Waals surface area contributed by atoms with E-state index in [4.69, 9.17) is 0 Å². The van der Waals surface area contributed by atoms with E-state index in [1.54, 1.807) is 0 Å². The van der Waals surface area contributed by atoms with Gasteiger partial charge in [-0.2, -0.15) is 11.8 Å². The molecular weight excluding hydrogens is 216 g/mol. The van der Waals surface area contributed by atoms with Crippen LogP contribution < -0.4 is 5.32 Å². The summed E-state index contributed by atoms with van der Waals surface area (Å²) in [6, 6.07) is 0.726. The first-order valence-corrected chi connectivity index (χ1v) is 8.03. The van der Waals surface area contributed by atoms with Gasteiger partial charge in [-0.3, -0.25) is 0 Å². The molecule has 1 unspecified atom stereocenters. The van der Waals surface area contributed by atoms with Gasteiger partial charge in [-0.15, -0.1) is 0 Å². The van der Waals surface area contributed by atoms with Crippen LogP contribution in [-0.2, 0) is 0 Å². The number of hydrogen-bond acceptors (Lipinski definition) is 3. The van der Waals surface area contributed by atoms with Crippen molar-refractivity contribution in [3.8, 4) is 0 Å². The molecule has 1 aliphatic carbocycles. The van der Waals surface area contributed by atoms with Gasteiger partial charge in [-0.25, -0.2) is 0 Å². The quantitative estimate of drug-likeness (QED) is 0.769. The van der Waals surface area contributed by atoms with E-state index >= 15 is 0 Å². The van der Waals surface area contributed by atoms with Crippen LogP contribution in [-0.4, -0.2) is 48.6 Å². The largest absolute Gasteiger partial charge is 0.313 e. The summed E-state index contributed by atoms with van der Waals surface area (Å²) in [4.78, 5) is 2.60. The highest BCUT2D eigenvalue weighted by atomic mass is 32.2. The van der Waals surface area contributed by atoms with Crippen molar-refractivity contribution in [2.75, 3.05) is 37.7 Å². The number of nitrogens with zero attached hydrogens (tertiary/aromatic N) is 1. The fourth-order valence-corrected chi connectivity index (χ4v) is 3.58. The third-order valence-electron chi connectivity index (χ3n) is 3.94. The van der Waals surface area contributed by atoms with Crippen LogP contribution in [0.5, 0.6) is 0 Å². The molecule has 0 spiro atoms. The van der Waals surface area contributed by atoms with Gasteiger partial charge in [0.2, 0.25) is 0 Å². The highest BCUT2D eigenvalue weighted by Crippen LogP contribution is 2.30. The molecule has 3 heteroatoms. The van der Waals surface area contributed by atoms with Crippen LogP contribution in [0.2, 0.25) is 0 Å². The zero-order valence-electron chi connectivity index (χ0n) is 10.6. The number of thioether (sulfide) groups is 1. The van der Waals surface area contributed by atoms with Crippen molar-refractivity contribution in [3.05, 3.63) is 0 Å². The molecule has 1 aliphatic heterocycles. The van der Waals surface area contributed by atoms with Crippen LogP contribution in [0.25, 0.3) is 0 Å². The van der Waals surface area contributed by atoms with Gasteiger partial charge in [0.05, 0.1) is 0 Å². The molecule has 1 saturated heterocycles. The molecule has 2 rings (SSSR count). The molecule has 94 valence electrons. The number of hydrogen-bond donors (Lipinski definition) is 1. The normalized spacial score (nSPS) is 25.3. The lowest BCUT2D eigenvalue weighted by atomic mass is 9.81. The molecule has 16 heavy (non-hydrogen) atoms. The average Bonchev–Trinajstić information content (AvgIpc) is 2.25. The second-order valence-electron chi connectivity index (χ2n) is 5.34. The van der Waals surface area contributed by atoms with Crippen LogP contribution in [0.3, 0.4) is 0 Å². The van der Waals surface area contributed by atoms with Crippen molar-refractivity contribution in [1.29, 1.82) is 0 Å². The summed E-state index contributed by atoms with van der Waals surface area (Å²) in [7, 11) is 0. The molecule has 0 aromatic heterocycles. The molecule has 0 amide bonds. The van der Waals surface area contributed by atoms with E-state index in [0.29, 0.717) is 0 Å². The Morgan fingerprint density at radius 1 is 1.31 bits per heavy atom. The second kappa shape index (κ2) is 6.87. The Hall–Kier alpha value is 0.270. The molecule has 1 atom stereocenters. The first-order chi connectivity index (χ1) is 7.84. The summed E-state index contributed by atoms with van der Waals surface area (Å²) in [5, 5.41) is 3.68. The van der Waals surface area contributed by atoms with Crippen molar-refractivity contribution in [3.63, 3.8) is 0 Å². The Labute approximate surface area is 105 Å². The minimum atomic E-state index is 0.726. The van der Waals surface area contributed by atoms with Crippen molar-refractivity contribution in [2.24, 2.45) is 5.92 Å². The van der Waals surface area contributed by atoms with Gasteiger partial charge in [0.15, 0.2) is 0 Å². The molecule has 1 heterocycles. The Kier molecular flexibility index (Phi) is 5.46. The van der Waals surface area contributed by atoms with Crippen molar-refractivity contribution in [1.82, 2.24) is 10.2 Å². The lowest BCUT2D eigenvalue weighted by molar-refractivity contribution is 0.254. The summed E-state index contributed by atoms with van der Waals surface area (Å²) in [6.45, 7) is 7.37. The molecule has 1 N–H and O–H groups in total. The van der Waals surface area contributed by atoms with Crippen LogP contribution in [0.15, 0.2) is 0 Å². The molecule has 2 nitrogen and oxygen atoms in total. The summed E-state index contributed by atoms with van der Waals surface area (Å²) >= 11 is 2.10. The summed E-state index contributed by atoms with van der Waals surface area (Å²) < 4.78 is 0. The van der Waals surface area contributed by atoms with Gasteiger partial charge in [0, 0.05) is 43.7 Å². The van der Waals surface area contributed by atoms with Gasteiger partial charge >= 0.3 is 0 Å². The highest BCUT2D eigenvalue weighted by molar-refractivity contribution is 7.99. The fourth-order valence-electron chi connectivity index (χ4n) is 2.61. The van der Waals surface area contributed by atoms with Crippen LogP contribution in [0, 0.1) is 5.92 Å². The standard InChI is InChI=1S/C13H26N2S/c1-12(11-13-3-2-4-13)14-5-6-15-7-9-16-10-8-15/h12-14H,2-11H2,1H3. The van der Waals surface area contributed by atoms with Crippen molar-refractivity contribution in [2.45, 2.75) is 38.6 Å². The molecule has 0 bridgehead atoms. The minimum Gasteiger partial charge on any atom is -0.313 e. The topological polar surface area (TPSA) is 15.3 Å². The first kappa shape index (κ1) is 12.7. The average molecular weight is 242 g/mol. The van der Waals surface area contributed by atoms with E-state index in [0.717, 1.165) is 12.0 Å². The van der Waals surface area contributed by atoms with Gasteiger partial charge in [-0.1, -0.05) is 19.3 Å². The lowest BCUT2D eigenvalue weighted by Gasteiger charge is -2.30. The monoisotopic (exact) mass is 242 g/mol. The molecule has 1 saturated carbocycles. The Balaban J connectivity index is 1.49. The van der Waals surface area contributed by atoms with Crippen LogP contribution in [0.4, 0.5) is 0 Å². The van der Waals surface area contributed by atoms with Gasteiger partial charge < -0.3 is 10.2 Å². The van der Waals surface area contributed by atoms with Crippen molar-refractivity contribution >= 4 is 11.8 Å². The number of rotatable bonds is 6. The predicted octanol–water partition coefficient (Wildman–Crippen LogP) is 2.20. The lowest BCUT2D eigenvalue weighted by Crippen LogP contribution is -2.40. The van der Waals surface area contributed by atoms with E-state index in [-0.39, 0.29) is 0 Å². The Morgan fingerprint density at radius 3 is 2.69 bits per heavy atom. The van der Waals surface area contributed by atoms with E-state index < -0.39 is 0 Å². The SMILES string of the molecule is CC(CC1CCC1)NCCN1CCSCC1. The molecule has 0 aromatic rings. The molecule has 2 fully saturated rings. The number of nitrogens with one attached hydrogen (secondary N) is 1.